The lowest BCUT2D eigenvalue weighted by Gasteiger charge is -2.19. The molecule has 4 heteroatoms. The van der Waals surface area contributed by atoms with Crippen molar-refractivity contribution in [1.29, 1.82) is 0 Å². The Kier molecular flexibility index (Phi) is 3.01. The number of hydrogen-bond acceptors (Lipinski definition) is 3. The van der Waals surface area contributed by atoms with Crippen molar-refractivity contribution in [2.45, 2.75) is 19.8 Å². The Hall–Kier alpha value is -1.84. The Balaban J connectivity index is 1.71. The standard InChI is InChI=1S/C15H18N2O2/c1-10-2-5-15(17(18)19)14(6-10)16-9-13-8-11-3-4-12(13)7-11/h2-6,11-13,16H,7-9H2,1H3. The molecule has 0 radical (unpaired) electrons. The molecule has 0 aliphatic heterocycles. The largest absolute Gasteiger partial charge is 0.379 e. The molecule has 3 atom stereocenters. The summed E-state index contributed by atoms with van der Waals surface area (Å²) < 4.78 is 0. The minimum atomic E-state index is -0.317. The van der Waals surface area contributed by atoms with Gasteiger partial charge in [-0.3, -0.25) is 10.1 Å². The van der Waals surface area contributed by atoms with Crippen LogP contribution >= 0.6 is 0 Å². The first-order chi connectivity index (χ1) is 9.13. The summed E-state index contributed by atoms with van der Waals surface area (Å²) >= 11 is 0. The Morgan fingerprint density at radius 3 is 2.84 bits per heavy atom. The van der Waals surface area contributed by atoms with E-state index in [0.717, 1.165) is 18.0 Å². The number of nitrogens with one attached hydrogen (secondary N) is 1. The molecule has 3 rings (SSSR count). The highest BCUT2D eigenvalue weighted by Crippen LogP contribution is 2.43. The monoisotopic (exact) mass is 258 g/mol. The van der Waals surface area contributed by atoms with Gasteiger partial charge in [0.1, 0.15) is 5.69 Å². The van der Waals surface area contributed by atoms with Crippen molar-refractivity contribution in [2.75, 3.05) is 11.9 Å². The predicted octanol–water partition coefficient (Wildman–Crippen LogP) is 3.53. The van der Waals surface area contributed by atoms with Gasteiger partial charge in [0, 0.05) is 12.6 Å². The van der Waals surface area contributed by atoms with Gasteiger partial charge >= 0.3 is 0 Å². The van der Waals surface area contributed by atoms with Crippen molar-refractivity contribution in [2.24, 2.45) is 17.8 Å². The Bertz CT molecular complexity index is 539. The van der Waals surface area contributed by atoms with E-state index >= 15 is 0 Å². The summed E-state index contributed by atoms with van der Waals surface area (Å²) in [5.74, 6) is 2.03. The van der Waals surface area contributed by atoms with Gasteiger partial charge in [-0.1, -0.05) is 18.2 Å². The average molecular weight is 258 g/mol. The summed E-state index contributed by atoms with van der Waals surface area (Å²) in [5.41, 5.74) is 1.86. The van der Waals surface area contributed by atoms with E-state index in [9.17, 15) is 10.1 Å². The molecular weight excluding hydrogens is 240 g/mol. The van der Waals surface area contributed by atoms with Crippen LogP contribution in [-0.2, 0) is 0 Å². The number of nitrogens with zero attached hydrogens (tertiary/aromatic N) is 1. The third-order valence-corrected chi connectivity index (χ3v) is 4.32. The summed E-state index contributed by atoms with van der Waals surface area (Å²) in [7, 11) is 0. The number of rotatable bonds is 4. The zero-order chi connectivity index (χ0) is 13.4. The van der Waals surface area contributed by atoms with E-state index in [1.165, 1.54) is 12.8 Å². The first kappa shape index (κ1) is 12.2. The number of aryl methyl sites for hydroxylation is 1. The van der Waals surface area contributed by atoms with E-state index in [2.05, 4.69) is 17.5 Å². The van der Waals surface area contributed by atoms with Crippen LogP contribution in [0, 0.1) is 34.8 Å². The second-order valence-electron chi connectivity index (χ2n) is 5.70. The number of anilines is 1. The van der Waals surface area contributed by atoms with Crippen molar-refractivity contribution in [1.82, 2.24) is 0 Å². The summed E-state index contributed by atoms with van der Waals surface area (Å²) in [5, 5.41) is 14.3. The fourth-order valence-corrected chi connectivity index (χ4v) is 3.32. The lowest BCUT2D eigenvalue weighted by molar-refractivity contribution is -0.384. The number of nitro benzene ring substituents is 1. The SMILES string of the molecule is Cc1ccc([N+](=O)[O-])c(NCC2CC3C=CC2C3)c1. The lowest BCUT2D eigenvalue weighted by atomic mass is 9.93. The number of allylic oxidation sites excluding steroid dienone is 2. The Labute approximate surface area is 112 Å². The first-order valence-electron chi connectivity index (χ1n) is 6.80. The highest BCUT2D eigenvalue weighted by atomic mass is 16.6. The number of hydrogen-bond donors (Lipinski definition) is 1. The smallest absolute Gasteiger partial charge is 0.292 e. The van der Waals surface area contributed by atoms with Crippen LogP contribution in [0.25, 0.3) is 0 Å². The first-order valence-corrected chi connectivity index (χ1v) is 6.80. The summed E-state index contributed by atoms with van der Waals surface area (Å²) in [4.78, 5) is 10.7. The average Bonchev–Trinajstić information content (AvgIpc) is 2.98. The van der Waals surface area contributed by atoms with Crippen LogP contribution in [0.2, 0.25) is 0 Å². The molecule has 0 amide bonds. The molecule has 1 aromatic rings. The maximum absolute atomic E-state index is 11.0. The van der Waals surface area contributed by atoms with Crippen LogP contribution in [0.5, 0.6) is 0 Å². The Morgan fingerprint density at radius 1 is 1.37 bits per heavy atom. The number of nitro groups is 1. The quantitative estimate of drug-likeness (QED) is 0.510. The molecule has 1 aromatic carbocycles. The summed E-state index contributed by atoms with van der Waals surface area (Å²) in [6.45, 7) is 2.78. The third kappa shape index (κ3) is 2.35. The molecule has 4 nitrogen and oxygen atoms in total. The molecular formula is C15H18N2O2. The van der Waals surface area contributed by atoms with Gasteiger partial charge in [-0.15, -0.1) is 0 Å². The van der Waals surface area contributed by atoms with Crippen molar-refractivity contribution < 1.29 is 4.92 Å². The normalized spacial score (nSPS) is 27.7. The van der Waals surface area contributed by atoms with Crippen LogP contribution in [0.1, 0.15) is 18.4 Å². The van der Waals surface area contributed by atoms with Gasteiger partial charge in [0.2, 0.25) is 0 Å². The van der Waals surface area contributed by atoms with Gasteiger partial charge in [-0.05, 0) is 49.1 Å². The highest BCUT2D eigenvalue weighted by molar-refractivity contribution is 5.62. The topological polar surface area (TPSA) is 55.2 Å². The Morgan fingerprint density at radius 2 is 2.21 bits per heavy atom. The van der Waals surface area contributed by atoms with Crippen molar-refractivity contribution >= 4 is 11.4 Å². The minimum absolute atomic E-state index is 0.171. The molecule has 2 bridgehead atoms. The van der Waals surface area contributed by atoms with Crippen LogP contribution in [0.3, 0.4) is 0 Å². The fraction of sp³-hybridized carbons (Fsp3) is 0.467. The fourth-order valence-electron chi connectivity index (χ4n) is 3.32. The maximum atomic E-state index is 11.0. The molecule has 2 aliphatic carbocycles. The predicted molar refractivity (Wildman–Crippen MR) is 75.2 cm³/mol. The molecule has 100 valence electrons. The van der Waals surface area contributed by atoms with Gasteiger partial charge in [0.05, 0.1) is 4.92 Å². The second-order valence-corrected chi connectivity index (χ2v) is 5.70. The van der Waals surface area contributed by atoms with E-state index in [1.54, 1.807) is 12.1 Å². The molecule has 0 aromatic heterocycles. The van der Waals surface area contributed by atoms with Crippen molar-refractivity contribution in [3.8, 4) is 0 Å². The van der Waals surface area contributed by atoms with Gasteiger partial charge in [0.25, 0.3) is 5.69 Å². The van der Waals surface area contributed by atoms with Crippen molar-refractivity contribution in [3.05, 3.63) is 46.0 Å². The van der Waals surface area contributed by atoms with Crippen LogP contribution < -0.4 is 5.32 Å². The lowest BCUT2D eigenvalue weighted by Crippen LogP contribution is -2.18. The maximum Gasteiger partial charge on any atom is 0.292 e. The van der Waals surface area contributed by atoms with Gasteiger partial charge in [-0.25, -0.2) is 0 Å². The van der Waals surface area contributed by atoms with E-state index in [-0.39, 0.29) is 10.6 Å². The molecule has 0 spiro atoms. The summed E-state index contributed by atoms with van der Waals surface area (Å²) in [6.07, 6.45) is 7.11. The van der Waals surface area contributed by atoms with E-state index in [0.29, 0.717) is 17.5 Å². The second kappa shape index (κ2) is 4.68. The van der Waals surface area contributed by atoms with Crippen LogP contribution in [-0.4, -0.2) is 11.5 Å². The van der Waals surface area contributed by atoms with E-state index in [1.807, 2.05) is 13.0 Å². The molecule has 0 heterocycles. The highest BCUT2D eigenvalue weighted by Gasteiger charge is 2.35. The molecule has 2 aliphatic rings. The van der Waals surface area contributed by atoms with Crippen molar-refractivity contribution in [3.63, 3.8) is 0 Å². The molecule has 19 heavy (non-hydrogen) atoms. The van der Waals surface area contributed by atoms with Crippen LogP contribution in [0.4, 0.5) is 11.4 Å². The molecule has 3 unspecified atom stereocenters. The molecule has 1 fully saturated rings. The van der Waals surface area contributed by atoms with E-state index in [4.69, 9.17) is 0 Å². The molecule has 1 saturated carbocycles. The summed E-state index contributed by atoms with van der Waals surface area (Å²) in [6, 6.07) is 5.23. The van der Waals surface area contributed by atoms with E-state index < -0.39 is 0 Å². The van der Waals surface area contributed by atoms with Gasteiger partial charge in [-0.2, -0.15) is 0 Å². The van der Waals surface area contributed by atoms with Gasteiger partial charge < -0.3 is 5.32 Å². The molecule has 1 N–H and O–H groups in total. The third-order valence-electron chi connectivity index (χ3n) is 4.32. The molecule has 0 saturated heterocycles. The number of benzene rings is 1. The zero-order valence-corrected chi connectivity index (χ0v) is 11.0. The number of fused-ring (bicyclic) bond motifs is 2. The minimum Gasteiger partial charge on any atom is -0.379 e. The van der Waals surface area contributed by atoms with Crippen LogP contribution in [0.15, 0.2) is 30.4 Å². The zero-order valence-electron chi connectivity index (χ0n) is 11.0. The van der Waals surface area contributed by atoms with Gasteiger partial charge in [0.15, 0.2) is 0 Å².